The summed E-state index contributed by atoms with van der Waals surface area (Å²) in [6.07, 6.45) is 1.42. The van der Waals surface area contributed by atoms with Crippen LogP contribution in [-0.4, -0.2) is 37.1 Å². The molecule has 0 spiro atoms. The number of nitrogens with zero attached hydrogens (tertiary/aromatic N) is 1. The minimum absolute atomic E-state index is 0.251. The van der Waals surface area contributed by atoms with Crippen LogP contribution in [0.25, 0.3) is 10.8 Å². The topological polar surface area (TPSA) is 106 Å². The molecule has 0 bridgehead atoms. The van der Waals surface area contributed by atoms with Crippen molar-refractivity contribution in [3.8, 4) is 11.5 Å². The van der Waals surface area contributed by atoms with Crippen molar-refractivity contribution in [3.63, 3.8) is 0 Å². The van der Waals surface area contributed by atoms with E-state index in [2.05, 4.69) is 15.8 Å². The summed E-state index contributed by atoms with van der Waals surface area (Å²) in [5.74, 6) is -0.455. The number of rotatable bonds is 9. The number of aryl methyl sites for hydroxylation is 1. The van der Waals surface area contributed by atoms with Crippen LogP contribution in [0.5, 0.6) is 11.5 Å². The second-order valence-corrected chi connectivity index (χ2v) is 8.39. The minimum Gasteiger partial charge on any atom is -0.494 e. The lowest BCUT2D eigenvalue weighted by Gasteiger charge is -2.11. The van der Waals surface area contributed by atoms with E-state index < -0.39 is 11.9 Å². The number of hydrazone groups is 1. The number of benzene rings is 4. The molecule has 0 saturated heterocycles. The summed E-state index contributed by atoms with van der Waals surface area (Å²) >= 11 is 0. The highest BCUT2D eigenvalue weighted by molar-refractivity contribution is 6.04. The molecule has 8 nitrogen and oxygen atoms in total. The molecule has 8 heteroatoms. The van der Waals surface area contributed by atoms with Gasteiger partial charge in [0.05, 0.1) is 24.9 Å². The number of fused-ring (bicyclic) bond motifs is 1. The minimum atomic E-state index is -0.541. The molecule has 2 amide bonds. The van der Waals surface area contributed by atoms with Crippen molar-refractivity contribution in [2.45, 2.75) is 13.8 Å². The molecule has 2 N–H and O–H groups in total. The van der Waals surface area contributed by atoms with E-state index in [1.807, 2.05) is 50.2 Å². The SMILES string of the molecule is CCOc1ccc(C(=O)Oc2ccc3ccccc3c2/C=N/NC(=O)CNC(=O)c2cccc(C)c2)cc1. The number of hydrogen-bond acceptors (Lipinski definition) is 6. The molecule has 4 rings (SSSR count). The molecular formula is C30H27N3O5. The molecule has 192 valence electrons. The van der Waals surface area contributed by atoms with Gasteiger partial charge in [0.15, 0.2) is 0 Å². The highest BCUT2D eigenvalue weighted by atomic mass is 16.5. The Kier molecular flexibility index (Phi) is 8.46. The molecule has 38 heavy (non-hydrogen) atoms. The molecular weight excluding hydrogens is 482 g/mol. The normalized spacial score (nSPS) is 10.8. The number of nitrogens with one attached hydrogen (secondary N) is 2. The number of esters is 1. The van der Waals surface area contributed by atoms with Gasteiger partial charge in [-0.2, -0.15) is 5.10 Å². The molecule has 0 fully saturated rings. The predicted molar refractivity (Wildman–Crippen MR) is 146 cm³/mol. The first-order chi connectivity index (χ1) is 18.4. The Morgan fingerprint density at radius 1 is 0.895 bits per heavy atom. The van der Waals surface area contributed by atoms with E-state index in [-0.39, 0.29) is 18.2 Å². The molecule has 0 heterocycles. The lowest BCUT2D eigenvalue weighted by atomic mass is 10.0. The number of carbonyl (C=O) groups excluding carboxylic acids is 3. The maximum atomic E-state index is 12.8. The van der Waals surface area contributed by atoms with Gasteiger partial charge >= 0.3 is 5.97 Å². The number of ether oxygens (including phenoxy) is 2. The zero-order chi connectivity index (χ0) is 26.9. The maximum Gasteiger partial charge on any atom is 0.343 e. The van der Waals surface area contributed by atoms with Gasteiger partial charge in [0.2, 0.25) is 0 Å². The average Bonchev–Trinajstić information content (AvgIpc) is 2.93. The zero-order valence-corrected chi connectivity index (χ0v) is 21.1. The van der Waals surface area contributed by atoms with E-state index in [0.717, 1.165) is 16.3 Å². The highest BCUT2D eigenvalue weighted by Gasteiger charge is 2.14. The lowest BCUT2D eigenvalue weighted by molar-refractivity contribution is -0.120. The van der Waals surface area contributed by atoms with Gasteiger partial charge < -0.3 is 14.8 Å². The van der Waals surface area contributed by atoms with Gasteiger partial charge in [-0.3, -0.25) is 9.59 Å². The standard InChI is InChI=1S/C30H27N3O5/c1-3-37-24-14-11-22(12-15-24)30(36)38-27-16-13-21-8-4-5-10-25(21)26(27)18-32-33-28(34)19-31-29(35)23-9-6-7-20(2)17-23/h4-18H,3,19H2,1-2H3,(H,31,35)(H,33,34)/b32-18+. The molecule has 0 saturated carbocycles. The third kappa shape index (κ3) is 6.61. The van der Waals surface area contributed by atoms with Crippen LogP contribution in [0.1, 0.15) is 38.8 Å². The number of amides is 2. The predicted octanol–water partition coefficient (Wildman–Crippen LogP) is 4.65. The van der Waals surface area contributed by atoms with E-state index in [4.69, 9.17) is 9.47 Å². The number of hydrogen-bond donors (Lipinski definition) is 2. The number of carbonyl (C=O) groups is 3. The summed E-state index contributed by atoms with van der Waals surface area (Å²) in [5, 5.41) is 8.31. The Labute approximate surface area is 220 Å². The third-order valence-corrected chi connectivity index (χ3v) is 5.61. The van der Waals surface area contributed by atoms with Crippen molar-refractivity contribution in [3.05, 3.63) is 107 Å². The summed E-state index contributed by atoms with van der Waals surface area (Å²) < 4.78 is 11.1. The zero-order valence-electron chi connectivity index (χ0n) is 21.1. The molecule has 0 radical (unpaired) electrons. The van der Waals surface area contributed by atoms with Crippen LogP contribution in [0.2, 0.25) is 0 Å². The van der Waals surface area contributed by atoms with E-state index in [1.165, 1.54) is 6.21 Å². The third-order valence-electron chi connectivity index (χ3n) is 5.61. The van der Waals surface area contributed by atoms with E-state index in [0.29, 0.717) is 29.0 Å². The summed E-state index contributed by atoms with van der Waals surface area (Å²) in [7, 11) is 0. The summed E-state index contributed by atoms with van der Waals surface area (Å²) in [5.41, 5.74) is 4.70. The van der Waals surface area contributed by atoms with Crippen molar-refractivity contribution in [1.29, 1.82) is 0 Å². The van der Waals surface area contributed by atoms with Gasteiger partial charge in [-0.25, -0.2) is 10.2 Å². The van der Waals surface area contributed by atoms with Crippen molar-refractivity contribution < 1.29 is 23.9 Å². The molecule has 0 aliphatic heterocycles. The highest BCUT2D eigenvalue weighted by Crippen LogP contribution is 2.27. The first-order valence-corrected chi connectivity index (χ1v) is 12.1. The van der Waals surface area contributed by atoms with Crippen LogP contribution in [0.3, 0.4) is 0 Å². The fourth-order valence-electron chi connectivity index (χ4n) is 3.77. The summed E-state index contributed by atoms with van der Waals surface area (Å²) in [6, 6.07) is 24.8. The Bertz CT molecular complexity index is 1500. The van der Waals surface area contributed by atoms with Crippen LogP contribution in [0.4, 0.5) is 0 Å². The lowest BCUT2D eigenvalue weighted by Crippen LogP contribution is -2.34. The van der Waals surface area contributed by atoms with Crippen LogP contribution in [0.15, 0.2) is 90.0 Å². The van der Waals surface area contributed by atoms with Gasteiger partial charge in [0.1, 0.15) is 11.5 Å². The van der Waals surface area contributed by atoms with Gasteiger partial charge in [-0.05, 0) is 67.1 Å². The monoisotopic (exact) mass is 509 g/mol. The van der Waals surface area contributed by atoms with Gasteiger partial charge in [-0.15, -0.1) is 0 Å². The van der Waals surface area contributed by atoms with Crippen LogP contribution in [-0.2, 0) is 4.79 Å². The van der Waals surface area contributed by atoms with Gasteiger partial charge in [0, 0.05) is 11.1 Å². The summed E-state index contributed by atoms with van der Waals surface area (Å²) in [6.45, 7) is 4.04. The molecule has 4 aromatic carbocycles. The fourth-order valence-corrected chi connectivity index (χ4v) is 3.77. The van der Waals surface area contributed by atoms with Crippen molar-refractivity contribution in [2.24, 2.45) is 5.10 Å². The Morgan fingerprint density at radius 2 is 1.68 bits per heavy atom. The second-order valence-electron chi connectivity index (χ2n) is 8.39. The fraction of sp³-hybridized carbons (Fsp3) is 0.133. The molecule has 0 unspecified atom stereocenters. The van der Waals surface area contributed by atoms with Gasteiger partial charge in [0.25, 0.3) is 11.8 Å². The molecule has 0 aliphatic rings. The molecule has 4 aromatic rings. The van der Waals surface area contributed by atoms with Crippen molar-refractivity contribution in [1.82, 2.24) is 10.7 Å². The quantitative estimate of drug-likeness (QED) is 0.148. The molecule has 0 atom stereocenters. The first-order valence-electron chi connectivity index (χ1n) is 12.1. The van der Waals surface area contributed by atoms with Gasteiger partial charge in [-0.1, -0.05) is 48.0 Å². The molecule has 0 aliphatic carbocycles. The van der Waals surface area contributed by atoms with Crippen LogP contribution in [0, 0.1) is 6.92 Å². The van der Waals surface area contributed by atoms with E-state index in [1.54, 1.807) is 48.5 Å². The van der Waals surface area contributed by atoms with E-state index >= 15 is 0 Å². The Morgan fingerprint density at radius 3 is 2.45 bits per heavy atom. The Hall–Kier alpha value is -4.98. The molecule has 0 aromatic heterocycles. The second kappa shape index (κ2) is 12.3. The van der Waals surface area contributed by atoms with Crippen LogP contribution >= 0.6 is 0 Å². The summed E-state index contributed by atoms with van der Waals surface area (Å²) in [4.78, 5) is 37.4. The van der Waals surface area contributed by atoms with Crippen molar-refractivity contribution in [2.75, 3.05) is 13.2 Å². The smallest absolute Gasteiger partial charge is 0.343 e. The Balaban J connectivity index is 1.46. The van der Waals surface area contributed by atoms with E-state index in [9.17, 15) is 14.4 Å². The average molecular weight is 510 g/mol. The van der Waals surface area contributed by atoms with Crippen LogP contribution < -0.4 is 20.2 Å². The van der Waals surface area contributed by atoms with Crippen molar-refractivity contribution >= 4 is 34.8 Å². The first kappa shape index (κ1) is 26.1. The maximum absolute atomic E-state index is 12.8. The largest absolute Gasteiger partial charge is 0.494 e.